The van der Waals surface area contributed by atoms with Gasteiger partial charge < -0.3 is 10.1 Å². The van der Waals surface area contributed by atoms with E-state index in [-0.39, 0.29) is 11.1 Å². The Labute approximate surface area is 189 Å². The molecule has 1 heterocycles. The van der Waals surface area contributed by atoms with Crippen LogP contribution in [0.5, 0.6) is 0 Å². The molecular formula is C24H33ClN4O2. The van der Waals surface area contributed by atoms with Crippen molar-refractivity contribution in [3.63, 3.8) is 0 Å². The summed E-state index contributed by atoms with van der Waals surface area (Å²) >= 11 is 6.27. The topological polar surface area (TPSA) is 79.8 Å². The number of aromatic nitrogens is 3. The summed E-state index contributed by atoms with van der Waals surface area (Å²) in [6.45, 7) is 12.3. The molecular weight excluding hydrogens is 412 g/mol. The van der Waals surface area contributed by atoms with E-state index in [0.717, 1.165) is 17.4 Å². The van der Waals surface area contributed by atoms with Gasteiger partial charge in [-0.1, -0.05) is 70.0 Å². The minimum absolute atomic E-state index is 0.139. The molecule has 0 fully saturated rings. The molecule has 6 nitrogen and oxygen atoms in total. The van der Waals surface area contributed by atoms with E-state index >= 15 is 0 Å². The molecule has 3 rings (SSSR count). The summed E-state index contributed by atoms with van der Waals surface area (Å²) < 4.78 is 1.34. The molecule has 0 radical (unpaired) electrons. The third kappa shape index (κ3) is 8.15. The molecule has 0 spiro atoms. The van der Waals surface area contributed by atoms with Crippen molar-refractivity contribution in [3.8, 4) is 17.1 Å². The van der Waals surface area contributed by atoms with Crippen LogP contribution in [-0.4, -0.2) is 28.1 Å². The lowest BCUT2D eigenvalue weighted by molar-refractivity contribution is -0.113. The van der Waals surface area contributed by atoms with Gasteiger partial charge in [-0.15, -0.1) is 5.10 Å². The van der Waals surface area contributed by atoms with Crippen LogP contribution in [0.2, 0.25) is 5.02 Å². The molecule has 31 heavy (non-hydrogen) atoms. The van der Waals surface area contributed by atoms with E-state index in [1.54, 1.807) is 0 Å². The maximum Gasteiger partial charge on any atom is 0.348 e. The van der Waals surface area contributed by atoms with Gasteiger partial charge in [0.25, 0.3) is 0 Å². The van der Waals surface area contributed by atoms with Crippen LogP contribution >= 0.6 is 11.6 Å². The smallest absolute Gasteiger partial charge is 0.316 e. The Morgan fingerprint density at radius 3 is 2.23 bits per heavy atom. The number of aryl methyl sites for hydroxylation is 1. The van der Waals surface area contributed by atoms with Gasteiger partial charge in [0.2, 0.25) is 0 Å². The Kier molecular flexibility index (Phi) is 10.4. The van der Waals surface area contributed by atoms with E-state index in [1.165, 1.54) is 4.68 Å². The summed E-state index contributed by atoms with van der Waals surface area (Å²) in [5, 5.41) is 8.03. The zero-order valence-electron chi connectivity index (χ0n) is 19.4. The highest BCUT2D eigenvalue weighted by Gasteiger charge is 2.12. The van der Waals surface area contributed by atoms with Crippen LogP contribution in [0.1, 0.15) is 45.7 Å². The van der Waals surface area contributed by atoms with Crippen molar-refractivity contribution in [2.45, 2.75) is 48.1 Å². The molecule has 2 aromatic carbocycles. The lowest BCUT2D eigenvalue weighted by Gasteiger charge is -2.05. The highest BCUT2D eigenvalue weighted by Crippen LogP contribution is 2.26. The van der Waals surface area contributed by atoms with Gasteiger partial charge in [-0.25, -0.2) is 4.79 Å². The van der Waals surface area contributed by atoms with Crippen LogP contribution in [0.4, 0.5) is 0 Å². The normalized spacial score (nSPS) is 10.5. The first-order chi connectivity index (χ1) is 14.6. The van der Waals surface area contributed by atoms with Crippen molar-refractivity contribution < 1.29 is 4.79 Å². The zero-order chi connectivity index (χ0) is 23.6. The number of rotatable bonds is 4. The third-order valence-electron chi connectivity index (χ3n) is 3.92. The average molecular weight is 445 g/mol. The standard InChI is InChI=1S/C17H17ClN4O.C5H10O.C2H6/c1-11-3-6-13(7-4-11)22-17(23)20-16(21-22)14-9-12(10-19-2)5-8-15(14)18;1-5(2,3)4-6;1-2/h3-9,19H,10H2,1-2H3,(H,20,21,23);4H,1-3H3;1-2H3. The van der Waals surface area contributed by atoms with Gasteiger partial charge >= 0.3 is 5.69 Å². The number of aldehydes is 1. The summed E-state index contributed by atoms with van der Waals surface area (Å²) in [4.78, 5) is 24.8. The largest absolute Gasteiger partial charge is 0.348 e. The summed E-state index contributed by atoms with van der Waals surface area (Å²) in [7, 11) is 1.88. The van der Waals surface area contributed by atoms with E-state index in [4.69, 9.17) is 11.6 Å². The number of H-pyrrole nitrogens is 1. The number of nitrogens with zero attached hydrogens (tertiary/aromatic N) is 2. The maximum absolute atomic E-state index is 12.2. The zero-order valence-corrected chi connectivity index (χ0v) is 20.2. The molecule has 168 valence electrons. The maximum atomic E-state index is 12.2. The van der Waals surface area contributed by atoms with Crippen LogP contribution < -0.4 is 11.0 Å². The van der Waals surface area contributed by atoms with Crippen LogP contribution in [0.15, 0.2) is 47.3 Å². The molecule has 3 aromatic rings. The quantitative estimate of drug-likeness (QED) is 0.544. The Hall–Kier alpha value is -2.70. The highest BCUT2D eigenvalue weighted by atomic mass is 35.5. The second kappa shape index (κ2) is 12.2. The van der Waals surface area contributed by atoms with Gasteiger partial charge in [-0.2, -0.15) is 4.68 Å². The van der Waals surface area contributed by atoms with E-state index in [0.29, 0.717) is 28.6 Å². The van der Waals surface area contributed by atoms with Gasteiger partial charge in [0.05, 0.1) is 10.7 Å². The number of hydrogen-bond donors (Lipinski definition) is 2. The molecule has 0 unspecified atom stereocenters. The molecule has 0 saturated heterocycles. The van der Waals surface area contributed by atoms with Gasteiger partial charge in [0.1, 0.15) is 6.29 Å². The first-order valence-corrected chi connectivity index (χ1v) is 10.7. The lowest BCUT2D eigenvalue weighted by atomic mass is 10.0. The third-order valence-corrected chi connectivity index (χ3v) is 4.25. The van der Waals surface area contributed by atoms with Crippen molar-refractivity contribution in [2.24, 2.45) is 5.41 Å². The van der Waals surface area contributed by atoms with Gasteiger partial charge in [-0.3, -0.25) is 4.98 Å². The summed E-state index contributed by atoms with van der Waals surface area (Å²) in [5.41, 5.74) is 3.19. The van der Waals surface area contributed by atoms with Gasteiger partial charge in [0, 0.05) is 17.5 Å². The van der Waals surface area contributed by atoms with Crippen LogP contribution in [-0.2, 0) is 11.3 Å². The number of carbonyl (C=O) groups excluding carboxylic acids is 1. The van der Waals surface area contributed by atoms with Crippen molar-refractivity contribution in [2.75, 3.05) is 7.05 Å². The molecule has 7 heteroatoms. The van der Waals surface area contributed by atoms with Gasteiger partial charge in [0.15, 0.2) is 5.82 Å². The first kappa shape index (κ1) is 26.3. The highest BCUT2D eigenvalue weighted by molar-refractivity contribution is 6.33. The molecule has 0 aliphatic heterocycles. The van der Waals surface area contributed by atoms with Crippen molar-refractivity contribution in [3.05, 3.63) is 69.1 Å². The molecule has 2 N–H and O–H groups in total. The predicted octanol–water partition coefficient (Wildman–Crippen LogP) is 5.17. The predicted molar refractivity (Wildman–Crippen MR) is 129 cm³/mol. The van der Waals surface area contributed by atoms with Crippen LogP contribution in [0.3, 0.4) is 0 Å². The van der Waals surface area contributed by atoms with Crippen molar-refractivity contribution in [1.29, 1.82) is 0 Å². The molecule has 0 atom stereocenters. The molecule has 1 aromatic heterocycles. The van der Waals surface area contributed by atoms with E-state index in [1.807, 2.05) is 91.1 Å². The van der Waals surface area contributed by atoms with E-state index in [9.17, 15) is 9.59 Å². The number of aromatic amines is 1. The molecule has 0 saturated carbocycles. The fourth-order valence-corrected chi connectivity index (χ4v) is 2.58. The Bertz CT molecular complexity index is 1020. The van der Waals surface area contributed by atoms with Gasteiger partial charge in [-0.05, 0) is 43.8 Å². The van der Waals surface area contributed by atoms with E-state index in [2.05, 4.69) is 15.4 Å². The summed E-state index contributed by atoms with van der Waals surface area (Å²) in [6, 6.07) is 13.3. The van der Waals surface area contributed by atoms with Crippen molar-refractivity contribution >= 4 is 17.9 Å². The molecule has 0 aliphatic carbocycles. The molecule has 0 bridgehead atoms. The van der Waals surface area contributed by atoms with Crippen LogP contribution in [0.25, 0.3) is 17.1 Å². The monoisotopic (exact) mass is 444 g/mol. The number of carbonyl (C=O) groups is 1. The fourth-order valence-electron chi connectivity index (χ4n) is 2.37. The number of benzene rings is 2. The lowest BCUT2D eigenvalue weighted by Crippen LogP contribution is -2.15. The van der Waals surface area contributed by atoms with Crippen molar-refractivity contribution in [1.82, 2.24) is 20.1 Å². The fraction of sp³-hybridized carbons (Fsp3) is 0.375. The number of nitrogens with one attached hydrogen (secondary N) is 2. The van der Waals surface area contributed by atoms with Crippen LogP contribution in [0, 0.1) is 12.3 Å². The SMILES string of the molecule is CC.CC(C)(C)C=O.CNCc1ccc(Cl)c(-c2nn(-c3ccc(C)cc3)c(=O)[nH]2)c1. The van der Waals surface area contributed by atoms with E-state index < -0.39 is 0 Å². The molecule has 0 amide bonds. The second-order valence-electron chi connectivity index (χ2n) is 7.85. The minimum Gasteiger partial charge on any atom is -0.316 e. The summed E-state index contributed by atoms with van der Waals surface area (Å²) in [6.07, 6.45) is 0.938. The first-order valence-electron chi connectivity index (χ1n) is 10.3. The Morgan fingerprint density at radius 1 is 1.13 bits per heavy atom. The Balaban J connectivity index is 0.000000521. The average Bonchev–Trinajstić information content (AvgIpc) is 3.13. The second-order valence-corrected chi connectivity index (χ2v) is 8.26. The number of hydrogen-bond acceptors (Lipinski definition) is 4. The summed E-state index contributed by atoms with van der Waals surface area (Å²) in [5.74, 6) is 0.457. The number of halogens is 1. The minimum atomic E-state index is -0.293. The Morgan fingerprint density at radius 2 is 1.71 bits per heavy atom. The molecule has 0 aliphatic rings.